The summed E-state index contributed by atoms with van der Waals surface area (Å²) in [6, 6.07) is 46.3. The van der Waals surface area contributed by atoms with Gasteiger partial charge < -0.3 is 5.32 Å². The summed E-state index contributed by atoms with van der Waals surface area (Å²) in [5.41, 5.74) is 9.85. The zero-order valence-corrected chi connectivity index (χ0v) is 24.3. The number of benzene rings is 5. The van der Waals surface area contributed by atoms with E-state index in [-0.39, 0.29) is 5.54 Å². The lowest BCUT2D eigenvalue weighted by molar-refractivity contribution is 0.112. The molecule has 2 heteroatoms. The van der Waals surface area contributed by atoms with Crippen LogP contribution in [-0.2, 0) is 5.54 Å². The minimum Gasteiger partial charge on any atom is -0.376 e. The van der Waals surface area contributed by atoms with Gasteiger partial charge in [0.25, 0.3) is 0 Å². The SMILES string of the molecule is CCCC(C)(Nc1ccc(/C=C/c2ccc(C=O)cc2)cc1)c1ccc(C=C(c2ccccc2)c2ccccc2)cc1. The number of carbonyl (C=O) groups excluding carboxylic acids is 1. The smallest absolute Gasteiger partial charge is 0.150 e. The Hall–Kier alpha value is -4.95. The molecule has 5 aromatic carbocycles. The first kappa shape index (κ1) is 28.6. The molecule has 0 saturated carbocycles. The average molecular weight is 548 g/mol. The lowest BCUT2D eigenvalue weighted by Crippen LogP contribution is -2.31. The Bertz CT molecular complexity index is 1590. The van der Waals surface area contributed by atoms with E-state index >= 15 is 0 Å². The quantitative estimate of drug-likeness (QED) is 0.132. The van der Waals surface area contributed by atoms with E-state index in [1.54, 1.807) is 0 Å². The summed E-state index contributed by atoms with van der Waals surface area (Å²) in [6.45, 7) is 4.52. The molecule has 0 bridgehead atoms. The lowest BCUT2D eigenvalue weighted by Gasteiger charge is -2.33. The highest BCUT2D eigenvalue weighted by molar-refractivity contribution is 5.91. The fourth-order valence-corrected chi connectivity index (χ4v) is 5.34. The number of aldehydes is 1. The van der Waals surface area contributed by atoms with Gasteiger partial charge in [-0.05, 0) is 70.5 Å². The van der Waals surface area contributed by atoms with E-state index in [2.05, 4.69) is 147 Å². The molecular formula is C40H37NO. The van der Waals surface area contributed by atoms with Crippen LogP contribution in [-0.4, -0.2) is 6.29 Å². The van der Waals surface area contributed by atoms with Crippen LogP contribution < -0.4 is 5.32 Å². The van der Waals surface area contributed by atoms with Crippen molar-refractivity contribution >= 4 is 35.8 Å². The molecule has 1 atom stereocenters. The van der Waals surface area contributed by atoms with Crippen molar-refractivity contribution < 1.29 is 4.79 Å². The van der Waals surface area contributed by atoms with Crippen LogP contribution in [0.5, 0.6) is 0 Å². The molecule has 0 amide bonds. The van der Waals surface area contributed by atoms with Gasteiger partial charge in [0, 0.05) is 11.3 Å². The van der Waals surface area contributed by atoms with Crippen molar-refractivity contribution in [3.05, 3.63) is 172 Å². The molecule has 208 valence electrons. The molecular weight excluding hydrogens is 510 g/mol. The van der Waals surface area contributed by atoms with Crippen LogP contribution in [0.3, 0.4) is 0 Å². The van der Waals surface area contributed by atoms with Crippen LogP contribution in [0.15, 0.2) is 133 Å². The maximum absolute atomic E-state index is 10.9. The molecule has 5 rings (SSSR count). The normalized spacial score (nSPS) is 12.4. The molecule has 5 aromatic rings. The van der Waals surface area contributed by atoms with Crippen LogP contribution in [0.25, 0.3) is 23.8 Å². The first-order valence-corrected chi connectivity index (χ1v) is 14.6. The van der Waals surface area contributed by atoms with Crippen molar-refractivity contribution in [2.45, 2.75) is 32.2 Å². The van der Waals surface area contributed by atoms with Gasteiger partial charge >= 0.3 is 0 Å². The topological polar surface area (TPSA) is 29.1 Å². The summed E-state index contributed by atoms with van der Waals surface area (Å²) in [5.74, 6) is 0. The van der Waals surface area contributed by atoms with Crippen molar-refractivity contribution in [3.8, 4) is 0 Å². The van der Waals surface area contributed by atoms with Crippen molar-refractivity contribution in [2.24, 2.45) is 0 Å². The number of anilines is 1. The van der Waals surface area contributed by atoms with Crippen molar-refractivity contribution in [2.75, 3.05) is 5.32 Å². The van der Waals surface area contributed by atoms with E-state index in [9.17, 15) is 4.79 Å². The Balaban J connectivity index is 1.34. The van der Waals surface area contributed by atoms with Gasteiger partial charge in [0.2, 0.25) is 0 Å². The summed E-state index contributed by atoms with van der Waals surface area (Å²) in [5, 5.41) is 3.83. The summed E-state index contributed by atoms with van der Waals surface area (Å²) < 4.78 is 0. The maximum Gasteiger partial charge on any atom is 0.150 e. The fraction of sp³-hybridized carbons (Fsp3) is 0.125. The Morgan fingerprint density at radius 2 is 1.10 bits per heavy atom. The zero-order chi connectivity index (χ0) is 29.2. The van der Waals surface area contributed by atoms with Crippen LogP contribution in [0.2, 0.25) is 0 Å². The molecule has 0 aliphatic carbocycles. The highest BCUT2D eigenvalue weighted by Gasteiger charge is 2.25. The zero-order valence-electron chi connectivity index (χ0n) is 24.3. The second-order valence-corrected chi connectivity index (χ2v) is 10.9. The molecule has 1 unspecified atom stereocenters. The predicted molar refractivity (Wildman–Crippen MR) is 179 cm³/mol. The van der Waals surface area contributed by atoms with Gasteiger partial charge in [-0.1, -0.05) is 147 Å². The molecule has 0 fully saturated rings. The number of hydrogen-bond donors (Lipinski definition) is 1. The highest BCUT2D eigenvalue weighted by Crippen LogP contribution is 2.32. The largest absolute Gasteiger partial charge is 0.376 e. The molecule has 0 spiro atoms. The molecule has 2 nitrogen and oxygen atoms in total. The van der Waals surface area contributed by atoms with E-state index in [4.69, 9.17) is 0 Å². The van der Waals surface area contributed by atoms with E-state index in [1.165, 1.54) is 27.8 Å². The third-order valence-electron chi connectivity index (χ3n) is 7.65. The standard InChI is InChI=1S/C40H37NO/c1-3-28-40(2,41-38-26-22-32(23-27-38)15-14-31-16-18-34(30-42)19-17-31)37-24-20-33(21-25-37)29-39(35-10-6-4-7-11-35)36-12-8-5-9-13-36/h4-27,29-30,41H,3,28H2,1-2H3/b15-14+. The molecule has 1 N–H and O–H groups in total. The number of hydrogen-bond acceptors (Lipinski definition) is 2. The van der Waals surface area contributed by atoms with Gasteiger partial charge in [0.05, 0.1) is 5.54 Å². The minimum absolute atomic E-state index is 0.198. The fourth-order valence-electron chi connectivity index (χ4n) is 5.34. The van der Waals surface area contributed by atoms with Crippen molar-refractivity contribution in [1.29, 1.82) is 0 Å². The summed E-state index contributed by atoms with van der Waals surface area (Å²) in [7, 11) is 0. The van der Waals surface area contributed by atoms with E-state index in [0.29, 0.717) is 5.56 Å². The minimum atomic E-state index is -0.198. The molecule has 0 aliphatic heterocycles. The van der Waals surface area contributed by atoms with Crippen LogP contribution in [0.4, 0.5) is 5.69 Å². The van der Waals surface area contributed by atoms with Crippen molar-refractivity contribution in [1.82, 2.24) is 0 Å². The monoisotopic (exact) mass is 547 g/mol. The van der Waals surface area contributed by atoms with E-state index < -0.39 is 0 Å². The Morgan fingerprint density at radius 3 is 1.60 bits per heavy atom. The van der Waals surface area contributed by atoms with Crippen LogP contribution in [0, 0.1) is 0 Å². The first-order chi connectivity index (χ1) is 20.6. The summed E-state index contributed by atoms with van der Waals surface area (Å²) in [4.78, 5) is 10.9. The Kier molecular flexibility index (Phi) is 9.26. The lowest BCUT2D eigenvalue weighted by atomic mass is 9.86. The van der Waals surface area contributed by atoms with Crippen molar-refractivity contribution in [3.63, 3.8) is 0 Å². The van der Waals surface area contributed by atoms with Gasteiger partial charge in [-0.2, -0.15) is 0 Å². The third-order valence-corrected chi connectivity index (χ3v) is 7.65. The van der Waals surface area contributed by atoms with Gasteiger partial charge in [0.15, 0.2) is 0 Å². The van der Waals surface area contributed by atoms with Gasteiger partial charge in [-0.15, -0.1) is 0 Å². The predicted octanol–water partition coefficient (Wildman–Crippen LogP) is 10.4. The molecule has 0 aromatic heterocycles. The number of carbonyl (C=O) groups is 1. The summed E-state index contributed by atoms with van der Waals surface area (Å²) >= 11 is 0. The second kappa shape index (κ2) is 13.6. The maximum atomic E-state index is 10.9. The van der Waals surface area contributed by atoms with Gasteiger partial charge in [-0.25, -0.2) is 0 Å². The number of nitrogens with one attached hydrogen (secondary N) is 1. The Labute approximate surface area is 250 Å². The highest BCUT2D eigenvalue weighted by atomic mass is 16.1. The van der Waals surface area contributed by atoms with Crippen LogP contribution in [0.1, 0.15) is 70.4 Å². The van der Waals surface area contributed by atoms with Crippen LogP contribution >= 0.6 is 0 Å². The van der Waals surface area contributed by atoms with E-state index in [0.717, 1.165) is 35.9 Å². The average Bonchev–Trinajstić information content (AvgIpc) is 3.05. The molecule has 42 heavy (non-hydrogen) atoms. The molecule has 0 radical (unpaired) electrons. The first-order valence-electron chi connectivity index (χ1n) is 14.6. The van der Waals surface area contributed by atoms with E-state index in [1.807, 2.05) is 24.3 Å². The molecule has 0 heterocycles. The molecule has 0 aliphatic rings. The summed E-state index contributed by atoms with van der Waals surface area (Å²) in [6.07, 6.45) is 9.39. The van der Waals surface area contributed by atoms with Gasteiger partial charge in [0.1, 0.15) is 6.29 Å². The third kappa shape index (κ3) is 7.21. The van der Waals surface area contributed by atoms with Gasteiger partial charge in [-0.3, -0.25) is 4.79 Å². The molecule has 0 saturated heterocycles. The number of rotatable bonds is 11. The Morgan fingerprint density at radius 1 is 0.619 bits per heavy atom. The second-order valence-electron chi connectivity index (χ2n) is 10.9.